The summed E-state index contributed by atoms with van der Waals surface area (Å²) in [6.07, 6.45) is 1.57. The summed E-state index contributed by atoms with van der Waals surface area (Å²) < 4.78 is 5.04. The highest BCUT2D eigenvalue weighted by Crippen LogP contribution is 2.28. The fraction of sp³-hybridized carbons (Fsp3) is 0.125. The lowest BCUT2D eigenvalue weighted by molar-refractivity contribution is 0.319. The minimum absolute atomic E-state index is 0. The molecule has 4 N–H and O–H groups in total. The Labute approximate surface area is 128 Å². The summed E-state index contributed by atoms with van der Waals surface area (Å²) in [6.45, 7) is 1.71. The van der Waals surface area contributed by atoms with Gasteiger partial charge < -0.3 is 20.5 Å². The van der Waals surface area contributed by atoms with Gasteiger partial charge in [-0.15, -0.1) is 0 Å². The summed E-state index contributed by atoms with van der Waals surface area (Å²) in [6, 6.07) is 12.4. The molecule has 22 heavy (non-hydrogen) atoms. The second-order valence-corrected chi connectivity index (χ2v) is 4.39. The van der Waals surface area contributed by atoms with Gasteiger partial charge in [0.25, 0.3) is 0 Å². The third-order valence-electron chi connectivity index (χ3n) is 3.04. The van der Waals surface area contributed by atoms with Gasteiger partial charge in [-0.05, 0) is 36.8 Å². The first-order chi connectivity index (χ1) is 10.2. The Bertz CT molecular complexity index is 679. The molecule has 0 aliphatic heterocycles. The third-order valence-corrected chi connectivity index (χ3v) is 3.04. The van der Waals surface area contributed by atoms with E-state index >= 15 is 0 Å². The monoisotopic (exact) mass is 302 g/mol. The molecule has 116 valence electrons. The summed E-state index contributed by atoms with van der Waals surface area (Å²) in [5.41, 5.74) is 2.66. The number of aliphatic imine (C=N–C) groups is 1. The summed E-state index contributed by atoms with van der Waals surface area (Å²) >= 11 is 0. The molecule has 0 saturated carbocycles. The molecule has 2 rings (SSSR count). The van der Waals surface area contributed by atoms with Gasteiger partial charge in [0.2, 0.25) is 0 Å². The molecule has 0 radical (unpaired) electrons. The van der Waals surface area contributed by atoms with Crippen LogP contribution in [0.5, 0.6) is 11.5 Å². The van der Waals surface area contributed by atoms with Crippen LogP contribution in [-0.4, -0.2) is 34.8 Å². The van der Waals surface area contributed by atoms with Gasteiger partial charge in [-0.25, -0.2) is 0 Å². The molecule has 0 aliphatic rings. The van der Waals surface area contributed by atoms with Gasteiger partial charge in [0.05, 0.1) is 18.5 Å². The number of aromatic hydroxyl groups is 1. The van der Waals surface area contributed by atoms with E-state index in [0.717, 1.165) is 11.3 Å². The summed E-state index contributed by atoms with van der Waals surface area (Å²) in [7, 11) is 1.50. The molecule has 2 aromatic rings. The van der Waals surface area contributed by atoms with E-state index < -0.39 is 0 Å². The number of phenols is 1. The number of oxime groups is 1. The number of hydrogen-bond acceptors (Lipinski definition) is 5. The molecule has 0 amide bonds. The van der Waals surface area contributed by atoms with E-state index in [-0.39, 0.29) is 11.2 Å². The second kappa shape index (κ2) is 7.80. The zero-order valence-corrected chi connectivity index (χ0v) is 12.3. The van der Waals surface area contributed by atoms with Crippen LogP contribution in [-0.2, 0) is 0 Å². The lowest BCUT2D eigenvalue weighted by Gasteiger charge is -2.05. The van der Waals surface area contributed by atoms with E-state index in [1.807, 2.05) is 12.1 Å². The fourth-order valence-electron chi connectivity index (χ4n) is 1.80. The van der Waals surface area contributed by atoms with Crippen molar-refractivity contribution >= 4 is 17.6 Å². The predicted octanol–water partition coefficient (Wildman–Crippen LogP) is 2.52. The average Bonchev–Trinajstić information content (AvgIpc) is 2.53. The standard InChI is InChI=1S/C16H16N2O3.H2O/c1-11(18-20)12-6-8-14(9-7-12)17-10-13-4-3-5-15(21-2)16(13)19;/h3-10,19-20H,1-2H3;1H2/b17-10?,18-11+;. The Kier molecular flexibility index (Phi) is 6.09. The van der Waals surface area contributed by atoms with Crippen LogP contribution in [0.3, 0.4) is 0 Å². The van der Waals surface area contributed by atoms with Crippen LogP contribution in [0.1, 0.15) is 18.1 Å². The van der Waals surface area contributed by atoms with Crippen LogP contribution in [0.4, 0.5) is 5.69 Å². The Hall–Kier alpha value is -2.86. The van der Waals surface area contributed by atoms with Crippen molar-refractivity contribution in [1.29, 1.82) is 0 Å². The summed E-state index contributed by atoms with van der Waals surface area (Å²) in [5.74, 6) is 0.465. The molecule has 0 heterocycles. The van der Waals surface area contributed by atoms with Crippen LogP contribution < -0.4 is 4.74 Å². The molecular formula is C16H18N2O4. The Morgan fingerprint density at radius 3 is 2.41 bits per heavy atom. The number of hydrogen-bond donors (Lipinski definition) is 2. The molecule has 0 saturated heterocycles. The lowest BCUT2D eigenvalue weighted by atomic mass is 10.1. The Morgan fingerprint density at radius 1 is 1.14 bits per heavy atom. The molecule has 0 aliphatic carbocycles. The van der Waals surface area contributed by atoms with Crippen LogP contribution >= 0.6 is 0 Å². The van der Waals surface area contributed by atoms with Gasteiger partial charge in [0, 0.05) is 11.8 Å². The van der Waals surface area contributed by atoms with Crippen molar-refractivity contribution in [2.45, 2.75) is 6.92 Å². The molecule has 0 fully saturated rings. The van der Waals surface area contributed by atoms with Gasteiger partial charge >= 0.3 is 0 Å². The third kappa shape index (κ3) is 3.83. The van der Waals surface area contributed by atoms with Gasteiger partial charge in [-0.2, -0.15) is 0 Å². The molecule has 2 aromatic carbocycles. The second-order valence-electron chi connectivity index (χ2n) is 4.39. The predicted molar refractivity (Wildman–Crippen MR) is 86.0 cm³/mol. The maximum atomic E-state index is 9.96. The van der Waals surface area contributed by atoms with Crippen molar-refractivity contribution in [1.82, 2.24) is 0 Å². The van der Waals surface area contributed by atoms with Crippen molar-refractivity contribution in [3.8, 4) is 11.5 Å². The molecule has 0 atom stereocenters. The molecular weight excluding hydrogens is 284 g/mol. The number of rotatable bonds is 4. The fourth-order valence-corrected chi connectivity index (χ4v) is 1.80. The lowest BCUT2D eigenvalue weighted by Crippen LogP contribution is -1.92. The Balaban J connectivity index is 0.00000242. The number of benzene rings is 2. The summed E-state index contributed by atoms with van der Waals surface area (Å²) in [4.78, 5) is 4.30. The molecule has 6 nitrogen and oxygen atoms in total. The van der Waals surface area contributed by atoms with E-state index in [1.165, 1.54) is 7.11 Å². The maximum absolute atomic E-state index is 9.96. The van der Waals surface area contributed by atoms with Crippen LogP contribution in [0, 0.1) is 0 Å². The summed E-state index contributed by atoms with van der Waals surface area (Å²) in [5, 5.41) is 21.8. The number of phenolic OH excluding ortho intramolecular Hbond substituents is 1. The number of nitrogens with zero attached hydrogens (tertiary/aromatic N) is 2. The molecule has 0 unspecified atom stereocenters. The highest BCUT2D eigenvalue weighted by atomic mass is 16.5. The molecule has 0 aromatic heterocycles. The minimum atomic E-state index is 0. The van der Waals surface area contributed by atoms with Crippen LogP contribution in [0.25, 0.3) is 0 Å². The average molecular weight is 302 g/mol. The van der Waals surface area contributed by atoms with Crippen molar-refractivity contribution in [3.63, 3.8) is 0 Å². The zero-order valence-electron chi connectivity index (χ0n) is 12.3. The van der Waals surface area contributed by atoms with Gasteiger partial charge in [0.1, 0.15) is 0 Å². The first-order valence-corrected chi connectivity index (χ1v) is 6.35. The SMILES string of the molecule is COc1cccc(C=Nc2ccc(/C(C)=N/O)cc2)c1O.O. The largest absolute Gasteiger partial charge is 0.504 e. The van der Waals surface area contributed by atoms with Crippen LogP contribution in [0.15, 0.2) is 52.6 Å². The zero-order chi connectivity index (χ0) is 15.2. The number of methoxy groups -OCH3 is 1. The van der Waals surface area contributed by atoms with Crippen molar-refractivity contribution < 1.29 is 20.5 Å². The maximum Gasteiger partial charge on any atom is 0.166 e. The number of ether oxygens (including phenoxy) is 1. The van der Waals surface area contributed by atoms with Gasteiger partial charge in [-0.3, -0.25) is 4.99 Å². The highest BCUT2D eigenvalue weighted by Gasteiger charge is 2.04. The topological polar surface area (TPSA) is 106 Å². The first kappa shape index (κ1) is 17.2. The van der Waals surface area contributed by atoms with E-state index in [1.54, 1.807) is 43.5 Å². The molecule has 0 bridgehead atoms. The van der Waals surface area contributed by atoms with Crippen molar-refractivity contribution in [2.24, 2.45) is 10.1 Å². The van der Waals surface area contributed by atoms with E-state index in [9.17, 15) is 5.11 Å². The Morgan fingerprint density at radius 2 is 1.82 bits per heavy atom. The minimum Gasteiger partial charge on any atom is -0.504 e. The van der Waals surface area contributed by atoms with E-state index in [2.05, 4.69) is 10.1 Å². The first-order valence-electron chi connectivity index (χ1n) is 6.35. The van der Waals surface area contributed by atoms with Gasteiger partial charge in [0.15, 0.2) is 11.5 Å². The van der Waals surface area contributed by atoms with E-state index in [0.29, 0.717) is 17.0 Å². The molecule has 0 spiro atoms. The van der Waals surface area contributed by atoms with Crippen molar-refractivity contribution in [2.75, 3.05) is 7.11 Å². The van der Waals surface area contributed by atoms with Crippen LogP contribution in [0.2, 0.25) is 0 Å². The number of para-hydroxylation sites is 1. The highest BCUT2D eigenvalue weighted by molar-refractivity contribution is 5.98. The van der Waals surface area contributed by atoms with E-state index in [4.69, 9.17) is 9.94 Å². The quantitative estimate of drug-likeness (QED) is 0.515. The normalized spacial score (nSPS) is 11.3. The van der Waals surface area contributed by atoms with Crippen molar-refractivity contribution in [3.05, 3.63) is 53.6 Å². The van der Waals surface area contributed by atoms with Gasteiger partial charge in [-0.1, -0.05) is 23.4 Å². The molecule has 6 heteroatoms. The smallest absolute Gasteiger partial charge is 0.166 e.